The number of nitro groups is 1. The maximum absolute atomic E-state index is 14.4. The highest BCUT2D eigenvalue weighted by Crippen LogP contribution is 2.24. The summed E-state index contributed by atoms with van der Waals surface area (Å²) in [4.78, 5) is 49.9. The average molecular weight is 443 g/mol. The Hall–Kier alpha value is -3.82. The minimum absolute atomic E-state index is 0.211. The molecule has 2 aromatic rings. The van der Waals surface area contributed by atoms with Gasteiger partial charge >= 0.3 is 5.97 Å². The maximum Gasteiger partial charge on any atom is 0.345 e. The summed E-state index contributed by atoms with van der Waals surface area (Å²) in [7, 11) is 0. The van der Waals surface area contributed by atoms with Crippen LogP contribution in [0, 0.1) is 22.9 Å². The lowest BCUT2D eigenvalue weighted by Gasteiger charge is -2.36. The molecule has 0 N–H and O–H groups in total. The van der Waals surface area contributed by atoms with Gasteiger partial charge in [-0.2, -0.15) is 0 Å². The van der Waals surface area contributed by atoms with Gasteiger partial charge in [0.25, 0.3) is 11.6 Å². The molecular formula is C22H22FN3O6. The molecule has 0 aliphatic carbocycles. The molecule has 0 spiro atoms. The number of benzene rings is 2. The second kappa shape index (κ2) is 9.54. The van der Waals surface area contributed by atoms with Crippen LogP contribution < -0.4 is 4.90 Å². The second-order valence-corrected chi connectivity index (χ2v) is 7.39. The van der Waals surface area contributed by atoms with Crippen LogP contribution in [0.5, 0.6) is 0 Å². The number of piperazine rings is 1. The Balaban J connectivity index is 1.57. The Morgan fingerprint density at radius 2 is 1.81 bits per heavy atom. The number of carbonyl (C=O) groups is 3. The van der Waals surface area contributed by atoms with Gasteiger partial charge < -0.3 is 14.5 Å². The molecule has 0 unspecified atom stereocenters. The third-order valence-corrected chi connectivity index (χ3v) is 5.29. The predicted molar refractivity (Wildman–Crippen MR) is 113 cm³/mol. The number of rotatable bonds is 6. The zero-order valence-electron chi connectivity index (χ0n) is 17.7. The summed E-state index contributed by atoms with van der Waals surface area (Å²) in [6.07, 6.45) is 0. The smallest absolute Gasteiger partial charge is 0.345 e. The molecule has 1 fully saturated rings. The fraction of sp³-hybridized carbons (Fsp3) is 0.318. The zero-order chi connectivity index (χ0) is 23.4. The minimum Gasteiger partial charge on any atom is -0.452 e. The highest BCUT2D eigenvalue weighted by Gasteiger charge is 2.27. The molecular weight excluding hydrogens is 421 g/mol. The van der Waals surface area contributed by atoms with Gasteiger partial charge in [-0.3, -0.25) is 19.7 Å². The van der Waals surface area contributed by atoms with Gasteiger partial charge in [0, 0.05) is 37.3 Å². The van der Waals surface area contributed by atoms with Crippen LogP contribution in [0.15, 0.2) is 36.4 Å². The number of hydrogen-bond acceptors (Lipinski definition) is 7. The summed E-state index contributed by atoms with van der Waals surface area (Å²) in [5.74, 6) is -2.12. The standard InChI is InChI=1S/C22H22FN3O6/c1-14-4-3-5-17(21(14)26(30)31)22(29)32-13-20(28)25-10-8-24(9-11-25)19-7-6-16(15(2)27)12-18(19)23/h3-7,12H,8-11,13H2,1-2H3. The third kappa shape index (κ3) is 4.90. The lowest BCUT2D eigenvalue weighted by atomic mass is 10.1. The first-order chi connectivity index (χ1) is 15.2. The molecule has 1 heterocycles. The molecule has 0 radical (unpaired) electrons. The number of para-hydroxylation sites is 1. The number of aryl methyl sites for hydroxylation is 1. The summed E-state index contributed by atoms with van der Waals surface area (Å²) >= 11 is 0. The van der Waals surface area contributed by atoms with Gasteiger partial charge in [0.05, 0.1) is 10.6 Å². The SMILES string of the molecule is CC(=O)c1ccc(N2CCN(C(=O)COC(=O)c3cccc(C)c3[N+](=O)[O-])CC2)c(F)c1. The van der Waals surface area contributed by atoms with E-state index in [4.69, 9.17) is 4.74 Å². The quantitative estimate of drug-likeness (QED) is 0.292. The molecule has 0 bridgehead atoms. The molecule has 0 saturated carbocycles. The molecule has 0 aromatic heterocycles. The first-order valence-corrected chi connectivity index (χ1v) is 9.93. The average Bonchev–Trinajstić information content (AvgIpc) is 2.76. The fourth-order valence-corrected chi connectivity index (χ4v) is 3.54. The van der Waals surface area contributed by atoms with Gasteiger partial charge in [-0.05, 0) is 38.1 Å². The first-order valence-electron chi connectivity index (χ1n) is 9.93. The van der Waals surface area contributed by atoms with E-state index >= 15 is 0 Å². The third-order valence-electron chi connectivity index (χ3n) is 5.29. The van der Waals surface area contributed by atoms with Crippen molar-refractivity contribution in [1.29, 1.82) is 0 Å². The molecule has 0 atom stereocenters. The van der Waals surface area contributed by atoms with Crippen molar-refractivity contribution in [3.05, 3.63) is 69.0 Å². The van der Waals surface area contributed by atoms with Crippen LogP contribution in [-0.2, 0) is 9.53 Å². The largest absolute Gasteiger partial charge is 0.452 e. The summed E-state index contributed by atoms with van der Waals surface area (Å²) in [6.45, 7) is 3.62. The Bertz CT molecular complexity index is 1080. The molecule has 3 rings (SSSR count). The van der Waals surface area contributed by atoms with Crippen molar-refractivity contribution >= 4 is 29.0 Å². The van der Waals surface area contributed by atoms with Gasteiger partial charge in [-0.1, -0.05) is 12.1 Å². The van der Waals surface area contributed by atoms with E-state index < -0.39 is 29.2 Å². The monoisotopic (exact) mass is 443 g/mol. The summed E-state index contributed by atoms with van der Waals surface area (Å²) in [5, 5.41) is 11.2. The van der Waals surface area contributed by atoms with Gasteiger partial charge in [0.15, 0.2) is 12.4 Å². The summed E-state index contributed by atoms with van der Waals surface area (Å²) < 4.78 is 19.4. The number of nitrogens with zero attached hydrogens (tertiary/aromatic N) is 3. The van der Waals surface area contributed by atoms with Crippen molar-refractivity contribution < 1.29 is 28.4 Å². The molecule has 1 saturated heterocycles. The number of ether oxygens (including phenoxy) is 1. The van der Waals surface area contributed by atoms with Gasteiger partial charge in [-0.25, -0.2) is 9.18 Å². The van der Waals surface area contributed by atoms with Gasteiger partial charge in [0.2, 0.25) is 0 Å². The molecule has 32 heavy (non-hydrogen) atoms. The maximum atomic E-state index is 14.4. The number of hydrogen-bond donors (Lipinski definition) is 0. The van der Waals surface area contributed by atoms with E-state index in [1.165, 1.54) is 43.0 Å². The van der Waals surface area contributed by atoms with Gasteiger partial charge in [0.1, 0.15) is 11.4 Å². The van der Waals surface area contributed by atoms with Crippen molar-refractivity contribution in [1.82, 2.24) is 4.90 Å². The molecule has 10 heteroatoms. The molecule has 9 nitrogen and oxygen atoms in total. The topological polar surface area (TPSA) is 110 Å². The van der Waals surface area contributed by atoms with Crippen molar-refractivity contribution in [2.75, 3.05) is 37.7 Å². The number of esters is 1. The van der Waals surface area contributed by atoms with Gasteiger partial charge in [-0.15, -0.1) is 0 Å². The van der Waals surface area contributed by atoms with E-state index in [1.54, 1.807) is 17.0 Å². The number of nitro benzene ring substituents is 1. The van der Waals surface area contributed by atoms with E-state index in [2.05, 4.69) is 0 Å². The molecule has 2 aromatic carbocycles. The second-order valence-electron chi connectivity index (χ2n) is 7.39. The predicted octanol–water partition coefficient (Wildman–Crippen LogP) is 2.75. The van der Waals surface area contributed by atoms with E-state index in [-0.39, 0.29) is 35.7 Å². The van der Waals surface area contributed by atoms with E-state index in [9.17, 15) is 28.9 Å². The lowest BCUT2D eigenvalue weighted by molar-refractivity contribution is -0.385. The summed E-state index contributed by atoms with van der Waals surface area (Å²) in [5.41, 5.74) is 0.389. The number of Topliss-reactive ketones (excluding diaryl/α,β-unsaturated/α-hetero) is 1. The Morgan fingerprint density at radius 3 is 2.41 bits per heavy atom. The van der Waals surface area contributed by atoms with Crippen LogP contribution in [0.1, 0.15) is 33.2 Å². The summed E-state index contributed by atoms with van der Waals surface area (Å²) in [6, 6.07) is 8.59. The van der Waals surface area contributed by atoms with Crippen molar-refractivity contribution in [2.45, 2.75) is 13.8 Å². The minimum atomic E-state index is -0.944. The van der Waals surface area contributed by atoms with Crippen molar-refractivity contribution in [2.24, 2.45) is 0 Å². The van der Waals surface area contributed by atoms with E-state index in [0.29, 0.717) is 24.3 Å². The number of halogens is 1. The van der Waals surface area contributed by atoms with Crippen molar-refractivity contribution in [3.8, 4) is 0 Å². The first kappa shape index (κ1) is 22.9. The highest BCUT2D eigenvalue weighted by molar-refractivity contribution is 5.96. The number of carbonyl (C=O) groups excluding carboxylic acids is 3. The number of anilines is 1. The van der Waals surface area contributed by atoms with Crippen LogP contribution >= 0.6 is 0 Å². The lowest BCUT2D eigenvalue weighted by Crippen LogP contribution is -2.50. The molecule has 1 aliphatic heterocycles. The van der Waals surface area contributed by atoms with Crippen molar-refractivity contribution in [3.63, 3.8) is 0 Å². The van der Waals surface area contributed by atoms with E-state index in [0.717, 1.165) is 0 Å². The normalized spacial score (nSPS) is 13.6. The number of amides is 1. The van der Waals surface area contributed by atoms with Crippen LogP contribution in [0.2, 0.25) is 0 Å². The Kier molecular flexibility index (Phi) is 6.82. The fourth-order valence-electron chi connectivity index (χ4n) is 3.54. The van der Waals surface area contributed by atoms with Crippen LogP contribution in [0.3, 0.4) is 0 Å². The van der Waals surface area contributed by atoms with Crippen LogP contribution in [0.4, 0.5) is 15.8 Å². The molecule has 1 amide bonds. The Labute approximate surface area is 183 Å². The van der Waals surface area contributed by atoms with Crippen LogP contribution in [0.25, 0.3) is 0 Å². The van der Waals surface area contributed by atoms with E-state index in [1.807, 2.05) is 0 Å². The number of ketones is 1. The molecule has 168 valence electrons. The highest BCUT2D eigenvalue weighted by atomic mass is 19.1. The zero-order valence-corrected chi connectivity index (χ0v) is 17.7. The van der Waals surface area contributed by atoms with Crippen LogP contribution in [-0.4, -0.2) is 60.3 Å². The molecule has 1 aliphatic rings. The Morgan fingerprint density at radius 1 is 1.12 bits per heavy atom.